The average Bonchev–Trinajstić information content (AvgIpc) is 3.47. The molecule has 0 spiro atoms. The van der Waals surface area contributed by atoms with Gasteiger partial charge in [0.25, 0.3) is 0 Å². The minimum Gasteiger partial charge on any atom is -0.491 e. The van der Waals surface area contributed by atoms with Crippen LogP contribution in [0.25, 0.3) is 0 Å². The Hall–Kier alpha value is -2.84. The molecule has 7 nitrogen and oxygen atoms in total. The first-order chi connectivity index (χ1) is 16.3. The maximum Gasteiger partial charge on any atom is 0.215 e. The zero-order valence-electron chi connectivity index (χ0n) is 18.9. The predicted octanol–water partition coefficient (Wildman–Crippen LogP) is 4.80. The fourth-order valence-corrected chi connectivity index (χ4v) is 4.15. The number of nitrogens with zero attached hydrogens (tertiary/aromatic N) is 3. The van der Waals surface area contributed by atoms with Crippen LogP contribution in [-0.2, 0) is 21.8 Å². The third-order valence-electron chi connectivity index (χ3n) is 5.25. The summed E-state index contributed by atoms with van der Waals surface area (Å²) in [4.78, 5) is 18.1. The Kier molecular flexibility index (Phi) is 7.58. The highest BCUT2D eigenvalue weighted by atomic mass is 35.5. The Morgan fingerprint density at radius 1 is 1.26 bits per heavy atom. The lowest BCUT2D eigenvalue weighted by molar-refractivity contribution is -0.189. The number of imidazole rings is 1. The van der Waals surface area contributed by atoms with Crippen LogP contribution < -0.4 is 4.74 Å². The van der Waals surface area contributed by atoms with Crippen molar-refractivity contribution in [2.45, 2.75) is 18.4 Å². The van der Waals surface area contributed by atoms with Crippen LogP contribution in [0.1, 0.15) is 15.9 Å². The molecule has 1 saturated heterocycles. The summed E-state index contributed by atoms with van der Waals surface area (Å²) in [7, 11) is 3.72. The zero-order chi connectivity index (χ0) is 24.1. The van der Waals surface area contributed by atoms with E-state index in [1.807, 2.05) is 35.8 Å². The molecule has 0 N–H and O–H groups in total. The summed E-state index contributed by atoms with van der Waals surface area (Å²) < 4.78 is 20.4. The monoisotopic (exact) mass is 501 g/mol. The summed E-state index contributed by atoms with van der Waals surface area (Å²) in [5, 5.41) is 0.987. The zero-order valence-corrected chi connectivity index (χ0v) is 20.4. The van der Waals surface area contributed by atoms with Crippen molar-refractivity contribution in [1.82, 2.24) is 14.5 Å². The third-order valence-corrected chi connectivity index (χ3v) is 5.80. The largest absolute Gasteiger partial charge is 0.491 e. The van der Waals surface area contributed by atoms with Crippen molar-refractivity contribution in [1.29, 1.82) is 0 Å². The lowest BCUT2D eigenvalue weighted by atomic mass is 10.1. The molecule has 0 saturated carbocycles. The van der Waals surface area contributed by atoms with Gasteiger partial charge in [0.1, 0.15) is 18.5 Å². The van der Waals surface area contributed by atoms with Crippen LogP contribution in [0.2, 0.25) is 10.0 Å². The van der Waals surface area contributed by atoms with Crippen LogP contribution in [-0.4, -0.2) is 53.6 Å². The smallest absolute Gasteiger partial charge is 0.215 e. The number of carbonyl (C=O) groups is 1. The Morgan fingerprint density at radius 3 is 2.74 bits per heavy atom. The van der Waals surface area contributed by atoms with Crippen molar-refractivity contribution in [3.8, 4) is 5.75 Å². The second kappa shape index (κ2) is 10.6. The van der Waals surface area contributed by atoms with Crippen LogP contribution in [0.15, 0.2) is 73.5 Å². The van der Waals surface area contributed by atoms with E-state index in [1.165, 1.54) is 6.08 Å². The van der Waals surface area contributed by atoms with E-state index in [1.54, 1.807) is 55.1 Å². The minimum absolute atomic E-state index is 0.0723. The number of carbonyl (C=O) groups excluding carboxylic acids is 1. The van der Waals surface area contributed by atoms with Crippen molar-refractivity contribution in [2.24, 2.45) is 0 Å². The summed E-state index contributed by atoms with van der Waals surface area (Å²) >= 11 is 12.6. The molecule has 2 aromatic carbocycles. The van der Waals surface area contributed by atoms with Crippen molar-refractivity contribution in [3.63, 3.8) is 0 Å². The number of benzene rings is 2. The van der Waals surface area contributed by atoms with Gasteiger partial charge in [-0.05, 0) is 36.4 Å². The highest BCUT2D eigenvalue weighted by Crippen LogP contribution is 2.40. The summed E-state index contributed by atoms with van der Waals surface area (Å²) in [6.45, 7) is 0.951. The molecule has 0 radical (unpaired) electrons. The number of halogens is 2. The molecule has 0 amide bonds. The Labute approximate surface area is 208 Å². The molecule has 0 aliphatic carbocycles. The van der Waals surface area contributed by atoms with E-state index < -0.39 is 5.79 Å². The fraction of sp³-hybridized carbons (Fsp3) is 0.280. The number of aromatic nitrogens is 2. The van der Waals surface area contributed by atoms with Gasteiger partial charge in [-0.3, -0.25) is 4.79 Å². The standard InChI is InChI=1S/C25H25Cl2N3O4/c1-29(2)11-9-24(31)18-3-6-20(7-4-18)32-14-21-15-33-25(34-21,16-30-12-10-28-17-30)22-8-5-19(26)13-23(22)27/h3-13,17,21H,14-16H2,1-2H3/t21-,25+/m0/s1. The van der Waals surface area contributed by atoms with Crippen LogP contribution >= 0.6 is 23.2 Å². The van der Waals surface area contributed by atoms with Crippen molar-refractivity contribution in [2.75, 3.05) is 27.3 Å². The number of allylic oxidation sites excluding steroid dienone is 1. The number of ketones is 1. The number of hydrogen-bond acceptors (Lipinski definition) is 6. The van der Waals surface area contributed by atoms with Gasteiger partial charge in [0, 0.05) is 54.9 Å². The molecule has 34 heavy (non-hydrogen) atoms. The molecule has 2 atom stereocenters. The summed E-state index contributed by atoms with van der Waals surface area (Å²) in [5.74, 6) is -0.545. The highest BCUT2D eigenvalue weighted by Gasteiger charge is 2.45. The van der Waals surface area contributed by atoms with Crippen LogP contribution in [0, 0.1) is 0 Å². The third kappa shape index (κ3) is 5.80. The molecule has 1 aromatic heterocycles. The molecule has 1 aliphatic heterocycles. The molecule has 1 aliphatic rings. The minimum atomic E-state index is -1.11. The number of hydrogen-bond donors (Lipinski definition) is 0. The lowest BCUT2D eigenvalue weighted by Crippen LogP contribution is -2.34. The van der Waals surface area contributed by atoms with E-state index in [4.69, 9.17) is 37.4 Å². The van der Waals surface area contributed by atoms with Gasteiger partial charge in [0.2, 0.25) is 5.79 Å². The first-order valence-electron chi connectivity index (χ1n) is 10.7. The first-order valence-corrected chi connectivity index (χ1v) is 11.4. The van der Waals surface area contributed by atoms with Gasteiger partial charge in [-0.15, -0.1) is 0 Å². The van der Waals surface area contributed by atoms with Crippen LogP contribution in [0.4, 0.5) is 0 Å². The Balaban J connectivity index is 1.43. The van der Waals surface area contributed by atoms with Crippen molar-refractivity contribution < 1.29 is 19.0 Å². The van der Waals surface area contributed by atoms with Gasteiger partial charge in [0.05, 0.1) is 24.5 Å². The predicted molar refractivity (Wildman–Crippen MR) is 130 cm³/mol. The Bertz CT molecular complexity index is 1150. The van der Waals surface area contributed by atoms with Gasteiger partial charge in [-0.2, -0.15) is 0 Å². The van der Waals surface area contributed by atoms with E-state index in [0.717, 1.165) is 0 Å². The second-order valence-electron chi connectivity index (χ2n) is 8.14. The molecule has 4 rings (SSSR count). The lowest BCUT2D eigenvalue weighted by Gasteiger charge is -2.30. The normalized spacial score (nSPS) is 20.1. The number of rotatable bonds is 9. The van der Waals surface area contributed by atoms with E-state index in [2.05, 4.69) is 4.98 Å². The topological polar surface area (TPSA) is 65.8 Å². The van der Waals surface area contributed by atoms with E-state index in [-0.39, 0.29) is 18.5 Å². The molecular weight excluding hydrogens is 477 g/mol. The maximum atomic E-state index is 12.2. The second-order valence-corrected chi connectivity index (χ2v) is 8.99. The Morgan fingerprint density at radius 2 is 2.06 bits per heavy atom. The number of ether oxygens (including phenoxy) is 3. The SMILES string of the molecule is CN(C)C=CC(=O)c1ccc(OC[C@H]2CO[C@@](Cn3ccnc3)(c3ccc(Cl)cc3Cl)O2)cc1. The van der Waals surface area contributed by atoms with E-state index >= 15 is 0 Å². The molecule has 9 heteroatoms. The van der Waals surface area contributed by atoms with Crippen molar-refractivity contribution in [3.05, 3.63) is 94.6 Å². The average molecular weight is 502 g/mol. The van der Waals surface area contributed by atoms with E-state index in [0.29, 0.717) is 40.1 Å². The van der Waals surface area contributed by atoms with Gasteiger partial charge in [-0.1, -0.05) is 29.3 Å². The van der Waals surface area contributed by atoms with Gasteiger partial charge in [-0.25, -0.2) is 4.98 Å². The maximum absolute atomic E-state index is 12.2. The molecule has 0 bridgehead atoms. The quantitative estimate of drug-likeness (QED) is 0.310. The van der Waals surface area contributed by atoms with Gasteiger partial charge in [0.15, 0.2) is 5.78 Å². The highest BCUT2D eigenvalue weighted by molar-refractivity contribution is 6.35. The van der Waals surface area contributed by atoms with Crippen LogP contribution in [0.5, 0.6) is 5.75 Å². The molecule has 2 heterocycles. The first kappa shape index (κ1) is 24.3. The molecular formula is C25H25Cl2N3O4. The molecule has 0 unspecified atom stereocenters. The molecule has 3 aromatic rings. The summed E-state index contributed by atoms with van der Waals surface area (Å²) in [6.07, 6.45) is 8.13. The molecule has 1 fully saturated rings. The van der Waals surface area contributed by atoms with Gasteiger partial charge >= 0.3 is 0 Å². The molecule has 178 valence electrons. The van der Waals surface area contributed by atoms with Gasteiger partial charge < -0.3 is 23.7 Å². The van der Waals surface area contributed by atoms with E-state index in [9.17, 15) is 4.79 Å². The van der Waals surface area contributed by atoms with Crippen molar-refractivity contribution >= 4 is 29.0 Å². The summed E-state index contributed by atoms with van der Waals surface area (Å²) in [6, 6.07) is 12.2. The summed E-state index contributed by atoms with van der Waals surface area (Å²) in [5.41, 5.74) is 1.27. The fourth-order valence-electron chi connectivity index (χ4n) is 3.59. The van der Waals surface area contributed by atoms with Crippen LogP contribution in [0.3, 0.4) is 0 Å².